The molecule has 1 saturated carbocycles. The minimum Gasteiger partial charge on any atom is -0.493 e. The summed E-state index contributed by atoms with van der Waals surface area (Å²) in [6.45, 7) is 18.5. The van der Waals surface area contributed by atoms with E-state index in [1.807, 2.05) is 13.8 Å². The summed E-state index contributed by atoms with van der Waals surface area (Å²) < 4.78 is 17.9. The summed E-state index contributed by atoms with van der Waals surface area (Å²) >= 11 is 0. The number of aliphatic hydroxyl groups excluding tert-OH is 2. The SMILES string of the molecule is C=C(C)C(=O)OCCCc1cc(-c2ccc(-c3ccc(-c4ccc(C5CCC(CCCCC)CC5)cc4)c(CC)c3)cc2CC)cc(CCCOC(=O)C(C)C)c1OCCC(CO)(CO)CCCC. The highest BCUT2D eigenvalue weighted by Gasteiger charge is 2.29. The van der Waals surface area contributed by atoms with E-state index in [-0.39, 0.29) is 31.7 Å². The van der Waals surface area contributed by atoms with Crippen molar-refractivity contribution in [3.8, 4) is 39.1 Å². The van der Waals surface area contributed by atoms with Crippen molar-refractivity contribution in [1.29, 1.82) is 0 Å². The molecule has 0 radical (unpaired) electrons. The first-order valence-corrected chi connectivity index (χ1v) is 26.8. The lowest BCUT2D eigenvalue weighted by molar-refractivity contribution is -0.147. The van der Waals surface area contributed by atoms with Crippen LogP contribution in [-0.2, 0) is 44.7 Å². The van der Waals surface area contributed by atoms with Gasteiger partial charge in [0.1, 0.15) is 5.75 Å². The predicted molar refractivity (Wildman–Crippen MR) is 285 cm³/mol. The zero-order chi connectivity index (χ0) is 49.8. The van der Waals surface area contributed by atoms with Gasteiger partial charge in [-0.2, -0.15) is 0 Å². The van der Waals surface area contributed by atoms with Gasteiger partial charge in [-0.1, -0.05) is 147 Å². The zero-order valence-corrected chi connectivity index (χ0v) is 43.6. The Morgan fingerprint density at radius 3 is 1.70 bits per heavy atom. The lowest BCUT2D eigenvalue weighted by Crippen LogP contribution is -2.32. The van der Waals surface area contributed by atoms with Crippen LogP contribution in [0, 0.1) is 17.3 Å². The minimum atomic E-state index is -0.633. The van der Waals surface area contributed by atoms with Gasteiger partial charge in [-0.05, 0) is 169 Å². The molecule has 69 heavy (non-hydrogen) atoms. The van der Waals surface area contributed by atoms with Gasteiger partial charge in [-0.25, -0.2) is 4.79 Å². The third kappa shape index (κ3) is 15.9. The highest BCUT2D eigenvalue weighted by atomic mass is 16.5. The Labute approximate surface area is 416 Å². The number of unbranched alkanes of at least 4 members (excludes halogenated alkanes) is 3. The molecule has 7 heteroatoms. The standard InChI is InChI=1S/C62H86O7/c1-9-13-15-18-46-21-23-49(24-22-46)50-25-27-51(28-26-50)57-31-29-52(38-47(57)11-3)53-30-32-58(48(12-4)39-53)56-40-54(19-16-35-68-60(65)44(5)6)59(55(41-56)20-17-36-69-61(66)45(7)8)67-37-34-62(42-63,43-64)33-14-10-2/h25-32,38-41,45-46,49,63-64H,5,9-24,33-37,42-43H2,1-4,6-8H3. The van der Waals surface area contributed by atoms with Gasteiger partial charge in [0.15, 0.2) is 0 Å². The van der Waals surface area contributed by atoms with E-state index in [0.717, 1.165) is 59.6 Å². The first kappa shape index (κ1) is 55.2. The normalized spacial score (nSPS) is 15.0. The van der Waals surface area contributed by atoms with Crippen molar-refractivity contribution in [2.75, 3.05) is 33.0 Å². The molecule has 5 rings (SSSR count). The number of benzene rings is 4. The number of hydrogen-bond acceptors (Lipinski definition) is 7. The van der Waals surface area contributed by atoms with Gasteiger partial charge >= 0.3 is 11.9 Å². The molecule has 1 aliphatic carbocycles. The van der Waals surface area contributed by atoms with Crippen LogP contribution in [0.1, 0.15) is 172 Å². The number of aryl methyl sites for hydroxylation is 4. The first-order valence-electron chi connectivity index (χ1n) is 26.8. The summed E-state index contributed by atoms with van der Waals surface area (Å²) in [5, 5.41) is 20.8. The summed E-state index contributed by atoms with van der Waals surface area (Å²) in [7, 11) is 0. The molecule has 0 aliphatic heterocycles. The molecule has 4 aromatic carbocycles. The molecule has 0 spiro atoms. The Balaban J connectivity index is 1.44. The number of carbonyl (C=O) groups excluding carboxylic acids is 2. The van der Waals surface area contributed by atoms with E-state index in [9.17, 15) is 19.8 Å². The van der Waals surface area contributed by atoms with Gasteiger partial charge in [0, 0.05) is 11.0 Å². The molecule has 0 saturated heterocycles. The number of carbonyl (C=O) groups is 2. The topological polar surface area (TPSA) is 102 Å². The van der Waals surface area contributed by atoms with Crippen LogP contribution in [0.15, 0.2) is 84.9 Å². The molecule has 0 amide bonds. The van der Waals surface area contributed by atoms with Crippen LogP contribution < -0.4 is 4.74 Å². The largest absolute Gasteiger partial charge is 0.493 e. The fourth-order valence-electron chi connectivity index (χ4n) is 10.1. The maximum Gasteiger partial charge on any atom is 0.333 e. The molecule has 0 atom stereocenters. The Morgan fingerprint density at radius 1 is 0.638 bits per heavy atom. The molecule has 2 N–H and O–H groups in total. The van der Waals surface area contributed by atoms with Crippen LogP contribution in [0.5, 0.6) is 5.75 Å². The number of rotatable bonds is 29. The molecule has 4 aromatic rings. The van der Waals surface area contributed by atoms with E-state index < -0.39 is 11.4 Å². The maximum atomic E-state index is 12.4. The third-order valence-corrected chi connectivity index (χ3v) is 14.7. The van der Waals surface area contributed by atoms with Gasteiger partial charge in [-0.3, -0.25) is 4.79 Å². The first-order chi connectivity index (χ1) is 33.4. The lowest BCUT2D eigenvalue weighted by atomic mass is 9.77. The summed E-state index contributed by atoms with van der Waals surface area (Å²) in [4.78, 5) is 24.7. The van der Waals surface area contributed by atoms with Crippen molar-refractivity contribution in [3.63, 3.8) is 0 Å². The van der Waals surface area contributed by atoms with Crippen molar-refractivity contribution >= 4 is 11.9 Å². The Bertz CT molecular complexity index is 2220. The van der Waals surface area contributed by atoms with Crippen LogP contribution in [0.25, 0.3) is 33.4 Å². The molecule has 0 heterocycles. The Morgan fingerprint density at radius 2 is 1.17 bits per heavy atom. The fourth-order valence-corrected chi connectivity index (χ4v) is 10.1. The summed E-state index contributed by atoms with van der Waals surface area (Å²) in [5.41, 5.74) is 13.0. The van der Waals surface area contributed by atoms with E-state index in [1.165, 1.54) is 90.3 Å². The van der Waals surface area contributed by atoms with E-state index in [2.05, 4.69) is 107 Å². The van der Waals surface area contributed by atoms with E-state index in [4.69, 9.17) is 14.2 Å². The van der Waals surface area contributed by atoms with E-state index in [1.54, 1.807) is 6.92 Å². The van der Waals surface area contributed by atoms with Gasteiger partial charge in [-0.15, -0.1) is 0 Å². The van der Waals surface area contributed by atoms with Crippen molar-refractivity contribution in [2.24, 2.45) is 17.3 Å². The maximum absolute atomic E-state index is 12.4. The highest BCUT2D eigenvalue weighted by Crippen LogP contribution is 2.41. The highest BCUT2D eigenvalue weighted by molar-refractivity contribution is 5.87. The molecule has 0 unspecified atom stereocenters. The smallest absolute Gasteiger partial charge is 0.333 e. The molecule has 0 aromatic heterocycles. The monoisotopic (exact) mass is 943 g/mol. The predicted octanol–water partition coefficient (Wildman–Crippen LogP) is 14.8. The average Bonchev–Trinajstić information content (AvgIpc) is 3.37. The van der Waals surface area contributed by atoms with Crippen LogP contribution in [0.3, 0.4) is 0 Å². The Kier molecular flexibility index (Phi) is 22.6. The van der Waals surface area contributed by atoms with Crippen LogP contribution >= 0.6 is 0 Å². The lowest BCUT2D eigenvalue weighted by Gasteiger charge is -2.30. The molecule has 376 valence electrons. The van der Waals surface area contributed by atoms with Crippen LogP contribution in [-0.4, -0.2) is 55.2 Å². The number of ether oxygens (including phenoxy) is 3. The van der Waals surface area contributed by atoms with Crippen molar-refractivity contribution in [2.45, 2.75) is 170 Å². The number of hydrogen-bond donors (Lipinski definition) is 2. The van der Waals surface area contributed by atoms with Gasteiger partial charge < -0.3 is 24.4 Å². The quantitative estimate of drug-likeness (QED) is 0.0318. The number of aliphatic hydroxyl groups is 2. The van der Waals surface area contributed by atoms with Crippen molar-refractivity contribution in [3.05, 3.63) is 113 Å². The molecule has 1 fully saturated rings. The number of esters is 2. The molecule has 0 bridgehead atoms. The summed E-state index contributed by atoms with van der Waals surface area (Å²) in [5.74, 6) is 1.53. The molecular formula is C62H86O7. The zero-order valence-electron chi connectivity index (χ0n) is 43.6. The van der Waals surface area contributed by atoms with Crippen LogP contribution in [0.2, 0.25) is 0 Å². The van der Waals surface area contributed by atoms with Crippen LogP contribution in [0.4, 0.5) is 0 Å². The molecular weight excluding hydrogens is 857 g/mol. The second-order valence-electron chi connectivity index (χ2n) is 20.4. The van der Waals surface area contributed by atoms with Crippen molar-refractivity contribution in [1.82, 2.24) is 0 Å². The fraction of sp³-hybridized carbons (Fsp3) is 0.548. The summed E-state index contributed by atoms with van der Waals surface area (Å²) in [6, 6.07) is 27.7. The summed E-state index contributed by atoms with van der Waals surface area (Å²) in [6.07, 6.45) is 18.1. The van der Waals surface area contributed by atoms with Gasteiger partial charge in [0.25, 0.3) is 0 Å². The molecule has 7 nitrogen and oxygen atoms in total. The second-order valence-corrected chi connectivity index (χ2v) is 20.4. The third-order valence-electron chi connectivity index (χ3n) is 14.7. The minimum absolute atomic E-state index is 0.117. The van der Waals surface area contributed by atoms with E-state index in [0.29, 0.717) is 63.2 Å². The van der Waals surface area contributed by atoms with Gasteiger partial charge in [0.05, 0.1) is 39.0 Å². The van der Waals surface area contributed by atoms with Crippen molar-refractivity contribution < 1.29 is 34.0 Å². The Hall–Kier alpha value is -4.72. The van der Waals surface area contributed by atoms with Gasteiger partial charge in [0.2, 0.25) is 0 Å². The average molecular weight is 943 g/mol. The molecule has 1 aliphatic rings. The van der Waals surface area contributed by atoms with E-state index >= 15 is 0 Å². The second kappa shape index (κ2) is 28.2.